The van der Waals surface area contributed by atoms with E-state index in [0.29, 0.717) is 132 Å². The number of amides is 1. The fourth-order valence-electron chi connectivity index (χ4n) is 3.83. The fourth-order valence-corrected chi connectivity index (χ4v) is 3.83. The number of rotatable bonds is 37. The summed E-state index contributed by atoms with van der Waals surface area (Å²) in [5, 5.41) is 0. The summed E-state index contributed by atoms with van der Waals surface area (Å²) in [4.78, 5) is 25.0. The Bertz CT molecular complexity index is 724. The number of ether oxygens (including phenoxy) is 11. The number of likely N-dealkylation sites (N-methyl/N-ethyl adjacent to an activating group) is 1. The van der Waals surface area contributed by atoms with E-state index in [4.69, 9.17) is 52.1 Å². The van der Waals surface area contributed by atoms with Crippen LogP contribution in [0.5, 0.6) is 0 Å². The van der Waals surface area contributed by atoms with Crippen molar-refractivity contribution in [2.24, 2.45) is 0 Å². The van der Waals surface area contributed by atoms with Gasteiger partial charge in [-0.05, 0) is 27.2 Å². The summed E-state index contributed by atoms with van der Waals surface area (Å²) in [7, 11) is 1.68. The fraction of sp³-hybridized carbons (Fsp3) is 0.943. The Balaban J connectivity index is 3.18. The molecule has 0 aromatic carbocycles. The van der Waals surface area contributed by atoms with Crippen LogP contribution in [-0.2, 0) is 56.9 Å². The molecule has 1 amide bonds. The predicted molar refractivity (Wildman–Crippen MR) is 185 cm³/mol. The molecular weight excluding hydrogens is 642 g/mol. The number of esters is 1. The molecule has 292 valence electrons. The van der Waals surface area contributed by atoms with Crippen molar-refractivity contribution < 1.29 is 61.7 Å². The van der Waals surface area contributed by atoms with Crippen LogP contribution in [0.2, 0.25) is 0 Å². The summed E-state index contributed by atoms with van der Waals surface area (Å²) < 4.78 is 59.7. The molecule has 0 fully saturated rings. The van der Waals surface area contributed by atoms with Gasteiger partial charge in [0.2, 0.25) is 0 Å². The van der Waals surface area contributed by atoms with E-state index < -0.39 is 5.60 Å². The molecule has 49 heavy (non-hydrogen) atoms. The van der Waals surface area contributed by atoms with Gasteiger partial charge in [-0.2, -0.15) is 0 Å². The molecular formula is C35H69NO13. The van der Waals surface area contributed by atoms with Crippen molar-refractivity contribution in [2.75, 3.05) is 139 Å². The molecule has 0 aliphatic carbocycles. The van der Waals surface area contributed by atoms with Crippen LogP contribution in [0.3, 0.4) is 0 Å². The van der Waals surface area contributed by atoms with Gasteiger partial charge in [0, 0.05) is 20.0 Å². The molecule has 0 aliphatic heterocycles. The number of hydrogen-bond acceptors (Lipinski definition) is 13. The van der Waals surface area contributed by atoms with Gasteiger partial charge in [-0.15, -0.1) is 0 Å². The number of carbonyl (C=O) groups is 2. The van der Waals surface area contributed by atoms with Crippen LogP contribution in [0.4, 0.5) is 4.79 Å². The van der Waals surface area contributed by atoms with E-state index in [1.54, 1.807) is 7.05 Å². The lowest BCUT2D eigenvalue weighted by Crippen LogP contribution is -2.36. The molecule has 0 bridgehead atoms. The van der Waals surface area contributed by atoms with Crippen LogP contribution in [-0.4, -0.2) is 162 Å². The second-order valence-corrected chi connectivity index (χ2v) is 12.2. The highest BCUT2D eigenvalue weighted by atomic mass is 16.6. The maximum atomic E-state index is 11.9. The summed E-state index contributed by atoms with van der Waals surface area (Å²) in [5.41, 5.74) is -0.512. The molecule has 14 nitrogen and oxygen atoms in total. The van der Waals surface area contributed by atoms with Crippen molar-refractivity contribution >= 4 is 12.1 Å². The predicted octanol–water partition coefficient (Wildman–Crippen LogP) is 4.30. The molecule has 0 heterocycles. The van der Waals surface area contributed by atoms with Gasteiger partial charge in [0.1, 0.15) is 12.2 Å². The minimum absolute atomic E-state index is 0.147. The molecule has 0 spiro atoms. The van der Waals surface area contributed by atoms with Crippen molar-refractivity contribution in [2.45, 2.75) is 78.2 Å². The summed E-state index contributed by atoms with van der Waals surface area (Å²) in [6.07, 6.45) is 7.04. The molecule has 0 aliphatic rings. The smallest absolute Gasteiger partial charge is 0.410 e. The Hall–Kier alpha value is -1.62. The zero-order valence-corrected chi connectivity index (χ0v) is 31.3. The Morgan fingerprint density at radius 3 is 1.16 bits per heavy atom. The molecule has 14 heteroatoms. The van der Waals surface area contributed by atoms with Crippen LogP contribution in [0, 0.1) is 0 Å². The van der Waals surface area contributed by atoms with E-state index in [0.717, 1.165) is 12.8 Å². The lowest BCUT2D eigenvalue weighted by molar-refractivity contribution is -0.145. The van der Waals surface area contributed by atoms with E-state index in [1.807, 2.05) is 20.8 Å². The largest absolute Gasteiger partial charge is 0.463 e. The Morgan fingerprint density at radius 1 is 0.469 bits per heavy atom. The summed E-state index contributed by atoms with van der Waals surface area (Å²) in [5.74, 6) is -0.147. The quantitative estimate of drug-likeness (QED) is 0.0670. The molecule has 0 aromatic rings. The average molecular weight is 712 g/mol. The van der Waals surface area contributed by atoms with E-state index in [9.17, 15) is 9.59 Å². The second-order valence-electron chi connectivity index (χ2n) is 12.2. The molecule has 0 saturated carbocycles. The van der Waals surface area contributed by atoms with Crippen LogP contribution >= 0.6 is 0 Å². The third-order valence-electron chi connectivity index (χ3n) is 6.48. The minimum atomic E-state index is -0.512. The zero-order valence-electron chi connectivity index (χ0n) is 31.3. The first-order chi connectivity index (χ1) is 23.8. The molecule has 0 N–H and O–H groups in total. The Morgan fingerprint density at radius 2 is 0.796 bits per heavy atom. The van der Waals surface area contributed by atoms with E-state index in [-0.39, 0.29) is 18.7 Å². The molecule has 0 saturated heterocycles. The van der Waals surface area contributed by atoms with Crippen LogP contribution < -0.4 is 0 Å². The molecule has 0 aromatic heterocycles. The van der Waals surface area contributed by atoms with E-state index >= 15 is 0 Å². The van der Waals surface area contributed by atoms with Crippen LogP contribution in [0.1, 0.15) is 72.6 Å². The van der Waals surface area contributed by atoms with Gasteiger partial charge >= 0.3 is 12.1 Å². The Kier molecular flexibility index (Phi) is 35.0. The second kappa shape index (κ2) is 36.2. The van der Waals surface area contributed by atoms with Gasteiger partial charge in [0.15, 0.2) is 0 Å². The first kappa shape index (κ1) is 47.4. The van der Waals surface area contributed by atoms with Gasteiger partial charge in [-0.25, -0.2) is 4.79 Å². The maximum absolute atomic E-state index is 11.9. The number of hydrogen-bond donors (Lipinski definition) is 0. The van der Waals surface area contributed by atoms with Crippen LogP contribution in [0.25, 0.3) is 0 Å². The van der Waals surface area contributed by atoms with Crippen molar-refractivity contribution in [3.05, 3.63) is 0 Å². The normalized spacial score (nSPS) is 11.6. The van der Waals surface area contributed by atoms with Gasteiger partial charge in [-0.1, -0.05) is 39.0 Å². The highest BCUT2D eigenvalue weighted by Crippen LogP contribution is 2.09. The van der Waals surface area contributed by atoms with E-state index in [2.05, 4.69) is 6.92 Å². The van der Waals surface area contributed by atoms with Gasteiger partial charge < -0.3 is 57.0 Å². The average Bonchev–Trinajstić information content (AvgIpc) is 3.06. The highest BCUT2D eigenvalue weighted by molar-refractivity contribution is 5.69. The lowest BCUT2D eigenvalue weighted by Gasteiger charge is -2.24. The van der Waals surface area contributed by atoms with Crippen molar-refractivity contribution in [3.8, 4) is 0 Å². The highest BCUT2D eigenvalue weighted by Gasteiger charge is 2.19. The first-order valence-electron chi connectivity index (χ1n) is 18.1. The summed E-state index contributed by atoms with van der Waals surface area (Å²) in [6, 6.07) is 0. The first-order valence-corrected chi connectivity index (χ1v) is 18.1. The number of carbonyl (C=O) groups excluding carboxylic acids is 2. The Labute approximate surface area is 295 Å². The zero-order chi connectivity index (χ0) is 36.1. The lowest BCUT2D eigenvalue weighted by atomic mass is 10.1. The summed E-state index contributed by atoms with van der Waals surface area (Å²) in [6.45, 7) is 16.8. The topological polar surface area (TPSA) is 139 Å². The number of nitrogens with zero attached hydrogens (tertiary/aromatic N) is 1. The van der Waals surface area contributed by atoms with Crippen molar-refractivity contribution in [1.82, 2.24) is 4.90 Å². The van der Waals surface area contributed by atoms with Gasteiger partial charge in [0.05, 0.1) is 119 Å². The number of unbranched alkanes of at least 4 members (excludes halogenated alkanes) is 5. The van der Waals surface area contributed by atoms with Gasteiger partial charge in [-0.3, -0.25) is 4.79 Å². The third kappa shape index (κ3) is 39.0. The maximum Gasteiger partial charge on any atom is 0.410 e. The van der Waals surface area contributed by atoms with Crippen molar-refractivity contribution in [3.63, 3.8) is 0 Å². The van der Waals surface area contributed by atoms with Gasteiger partial charge in [0.25, 0.3) is 0 Å². The minimum Gasteiger partial charge on any atom is -0.463 e. The van der Waals surface area contributed by atoms with Crippen molar-refractivity contribution in [1.29, 1.82) is 0 Å². The standard InChI is InChI=1S/C35H69NO13/c1-6-7-8-9-10-11-12-33(37)48-32-31-47-30-29-46-28-27-45-26-25-44-24-23-43-22-21-42-20-19-41-18-17-40-16-15-39-14-13-36(5)34(38)49-35(2,3)4/h6-32H2,1-5H3. The molecule has 0 radical (unpaired) electrons. The third-order valence-corrected chi connectivity index (χ3v) is 6.48. The monoisotopic (exact) mass is 711 g/mol. The summed E-state index contributed by atoms with van der Waals surface area (Å²) >= 11 is 0. The molecule has 0 atom stereocenters. The molecule has 0 rings (SSSR count). The van der Waals surface area contributed by atoms with Crippen LogP contribution in [0.15, 0.2) is 0 Å². The SMILES string of the molecule is CCCCCCCCC(=O)OCCOCCOCCOCCOCCOCCOCCOCCOCCOCCN(C)C(=O)OC(C)(C)C. The van der Waals surface area contributed by atoms with E-state index in [1.165, 1.54) is 30.6 Å². The molecule has 0 unspecified atom stereocenters.